The fraction of sp³-hybridized carbons (Fsp3) is 0.308. The van der Waals surface area contributed by atoms with Gasteiger partial charge in [-0.15, -0.1) is 0 Å². The molecule has 0 bridgehead atoms. The van der Waals surface area contributed by atoms with E-state index in [1.54, 1.807) is 19.2 Å². The van der Waals surface area contributed by atoms with Crippen LogP contribution in [0.15, 0.2) is 54.6 Å². The molecule has 0 radical (unpaired) electrons. The van der Waals surface area contributed by atoms with Crippen LogP contribution in [0, 0.1) is 6.92 Å². The predicted octanol–water partition coefficient (Wildman–Crippen LogP) is 5.54. The Kier molecular flexibility index (Phi) is 6.28. The lowest BCUT2D eigenvalue weighted by molar-refractivity contribution is 0.0170. The maximum atomic E-state index is 14.7. The molecule has 0 saturated carbocycles. The minimum atomic E-state index is -2.98. The van der Waals surface area contributed by atoms with E-state index in [2.05, 4.69) is 19.8 Å². The van der Waals surface area contributed by atoms with Crippen LogP contribution in [0.3, 0.4) is 0 Å². The number of fused-ring (bicyclic) bond motifs is 1. The number of piperazine rings is 1. The molecule has 3 aromatic rings. The van der Waals surface area contributed by atoms with Crippen LogP contribution >= 0.6 is 21.0 Å². The SMILES string of the molecule is COc1ccccc1C1CN(c2ccc(C(C)(F)F)c(C3=INc4c(C)cccc43)n2)CCN1. The number of benzene rings is 2. The number of methoxy groups -OCH3 is 1. The minimum absolute atomic E-state index is 0.0153. The zero-order valence-electron chi connectivity index (χ0n) is 19.3. The van der Waals surface area contributed by atoms with E-state index >= 15 is 0 Å². The number of hydrogen-bond acceptors (Lipinski definition) is 5. The van der Waals surface area contributed by atoms with Crippen molar-refractivity contribution in [3.63, 3.8) is 0 Å². The molecule has 1 saturated heterocycles. The third-order valence-corrected chi connectivity index (χ3v) is 8.76. The minimum Gasteiger partial charge on any atom is -0.496 e. The molecule has 8 heteroatoms. The summed E-state index contributed by atoms with van der Waals surface area (Å²) in [7, 11) is 1.67. The van der Waals surface area contributed by atoms with Crippen LogP contribution in [0.25, 0.3) is 0 Å². The first kappa shape index (κ1) is 23.2. The molecule has 34 heavy (non-hydrogen) atoms. The first-order valence-electron chi connectivity index (χ1n) is 11.2. The number of halogens is 3. The van der Waals surface area contributed by atoms with E-state index in [-0.39, 0.29) is 11.6 Å². The van der Waals surface area contributed by atoms with Gasteiger partial charge in [0.1, 0.15) is 11.6 Å². The van der Waals surface area contributed by atoms with E-state index in [9.17, 15) is 8.78 Å². The molecule has 5 nitrogen and oxygen atoms in total. The summed E-state index contributed by atoms with van der Waals surface area (Å²) < 4.78 is 39.3. The summed E-state index contributed by atoms with van der Waals surface area (Å²) >= 11 is -0.674. The van der Waals surface area contributed by atoms with E-state index in [0.717, 1.165) is 57.5 Å². The lowest BCUT2D eigenvalue weighted by Gasteiger charge is -2.35. The number of pyridine rings is 1. The molecule has 5 rings (SSSR count). The highest BCUT2D eigenvalue weighted by atomic mass is 127. The maximum absolute atomic E-state index is 14.7. The third kappa shape index (κ3) is 4.29. The lowest BCUT2D eigenvalue weighted by atomic mass is 9.98. The van der Waals surface area contributed by atoms with Gasteiger partial charge in [0.25, 0.3) is 5.92 Å². The van der Waals surface area contributed by atoms with E-state index in [1.165, 1.54) is 0 Å². The fourth-order valence-electron chi connectivity index (χ4n) is 4.56. The molecule has 2 N–H and O–H groups in total. The lowest BCUT2D eigenvalue weighted by Crippen LogP contribution is -2.46. The van der Waals surface area contributed by atoms with Crippen LogP contribution < -0.4 is 18.5 Å². The monoisotopic (exact) mass is 576 g/mol. The number of ether oxygens (including phenoxy) is 1. The van der Waals surface area contributed by atoms with Crippen LogP contribution in [0.2, 0.25) is 0 Å². The van der Waals surface area contributed by atoms with Crippen LogP contribution in [-0.4, -0.2) is 35.2 Å². The molecule has 1 fully saturated rings. The van der Waals surface area contributed by atoms with Crippen molar-refractivity contribution in [1.82, 2.24) is 10.3 Å². The largest absolute Gasteiger partial charge is 0.496 e. The maximum Gasteiger partial charge on any atom is 0.272 e. The van der Waals surface area contributed by atoms with Crippen molar-refractivity contribution < 1.29 is 13.5 Å². The zero-order valence-corrected chi connectivity index (χ0v) is 21.5. The first-order valence-corrected chi connectivity index (χ1v) is 13.4. The average Bonchev–Trinajstić information content (AvgIpc) is 3.28. The zero-order chi connectivity index (χ0) is 23.9. The summed E-state index contributed by atoms with van der Waals surface area (Å²) in [5, 5.41) is 3.56. The third-order valence-electron chi connectivity index (χ3n) is 6.32. The van der Waals surface area contributed by atoms with Gasteiger partial charge in [0.15, 0.2) is 0 Å². The molecule has 2 aromatic carbocycles. The van der Waals surface area contributed by atoms with Gasteiger partial charge >= 0.3 is 0 Å². The van der Waals surface area contributed by atoms with Crippen LogP contribution in [0.4, 0.5) is 20.3 Å². The smallest absolute Gasteiger partial charge is 0.272 e. The highest BCUT2D eigenvalue weighted by Crippen LogP contribution is 2.39. The second kappa shape index (κ2) is 9.22. The molecule has 0 amide bonds. The Morgan fingerprint density at radius 3 is 2.74 bits per heavy atom. The number of alkyl halides is 2. The molecular weight excluding hydrogens is 549 g/mol. The van der Waals surface area contributed by atoms with Crippen LogP contribution in [0.1, 0.15) is 40.9 Å². The Morgan fingerprint density at radius 1 is 1.12 bits per heavy atom. The molecule has 1 unspecified atom stereocenters. The number of aryl methyl sites for hydroxylation is 1. The van der Waals surface area contributed by atoms with Crippen molar-refractivity contribution in [2.75, 3.05) is 35.2 Å². The van der Waals surface area contributed by atoms with Gasteiger partial charge in [0, 0.05) is 64.3 Å². The van der Waals surface area contributed by atoms with Gasteiger partial charge in [0.2, 0.25) is 0 Å². The summed E-state index contributed by atoms with van der Waals surface area (Å²) in [4.78, 5) is 7.06. The molecule has 0 aliphatic carbocycles. The van der Waals surface area contributed by atoms with E-state index in [4.69, 9.17) is 9.72 Å². The molecule has 1 atom stereocenters. The van der Waals surface area contributed by atoms with Gasteiger partial charge < -0.3 is 18.5 Å². The van der Waals surface area contributed by atoms with E-state index in [0.29, 0.717) is 12.2 Å². The predicted molar refractivity (Wildman–Crippen MR) is 142 cm³/mol. The first-order chi connectivity index (χ1) is 16.4. The van der Waals surface area contributed by atoms with Gasteiger partial charge in [0.05, 0.1) is 28.0 Å². The molecule has 1 aromatic heterocycles. The molecule has 0 spiro atoms. The molecule has 2 aliphatic rings. The quantitative estimate of drug-likeness (QED) is 0.309. The average molecular weight is 576 g/mol. The van der Waals surface area contributed by atoms with Gasteiger partial charge in [-0.2, -0.15) is 0 Å². The van der Waals surface area contributed by atoms with Crippen molar-refractivity contribution >= 4 is 36.0 Å². The van der Waals surface area contributed by atoms with Crippen molar-refractivity contribution in [2.45, 2.75) is 25.8 Å². The number of para-hydroxylation sites is 2. The van der Waals surface area contributed by atoms with Crippen molar-refractivity contribution in [3.05, 3.63) is 82.5 Å². The van der Waals surface area contributed by atoms with Gasteiger partial charge in [-0.25, -0.2) is 13.8 Å². The fourth-order valence-corrected chi connectivity index (χ4v) is 7.22. The second-order valence-electron chi connectivity index (χ2n) is 8.65. The highest BCUT2D eigenvalue weighted by molar-refractivity contribution is 14.2. The Bertz CT molecular complexity index is 1260. The highest BCUT2D eigenvalue weighted by Gasteiger charge is 2.33. The van der Waals surface area contributed by atoms with Gasteiger partial charge in [-0.05, 0) is 30.7 Å². The number of aromatic nitrogens is 1. The normalized spacial score (nSPS) is 18.0. The molecule has 3 heterocycles. The molecular formula is C26H27F2IN4O. The van der Waals surface area contributed by atoms with Crippen molar-refractivity contribution in [2.24, 2.45) is 0 Å². The standard InChI is InChI=1S/C26H27F2IN4O/c1-16-7-6-9-18-23(29-32-24(16)18)25-19(26(2,27)28)11-12-22(31-25)33-14-13-30-20(15-33)17-8-4-5-10-21(17)34-3/h4-12,20,30,32H,13-15H2,1-3H3. The number of nitrogens with one attached hydrogen (secondary N) is 2. The molecule has 178 valence electrons. The second-order valence-corrected chi connectivity index (χ2v) is 10.8. The summed E-state index contributed by atoms with van der Waals surface area (Å²) in [6, 6.07) is 17.3. The van der Waals surface area contributed by atoms with Crippen molar-refractivity contribution in [1.29, 1.82) is 0 Å². The van der Waals surface area contributed by atoms with Crippen LogP contribution in [0.5, 0.6) is 5.75 Å². The summed E-state index contributed by atoms with van der Waals surface area (Å²) in [6.07, 6.45) is 0. The summed E-state index contributed by atoms with van der Waals surface area (Å²) in [6.45, 7) is 5.17. The Morgan fingerprint density at radius 2 is 1.94 bits per heavy atom. The number of anilines is 2. The Balaban J connectivity index is 1.52. The Hall–Kier alpha value is -2.59. The summed E-state index contributed by atoms with van der Waals surface area (Å²) in [5.41, 5.74) is 4.64. The topological polar surface area (TPSA) is 49.4 Å². The molecule has 2 aliphatic heterocycles. The number of hydrogen-bond donors (Lipinski definition) is 2. The van der Waals surface area contributed by atoms with Crippen molar-refractivity contribution in [3.8, 4) is 5.75 Å². The van der Waals surface area contributed by atoms with Gasteiger partial charge in [-0.3, -0.25) is 0 Å². The van der Waals surface area contributed by atoms with Crippen LogP contribution in [-0.2, 0) is 5.92 Å². The van der Waals surface area contributed by atoms with E-state index < -0.39 is 26.9 Å². The number of nitrogens with zero attached hydrogens (tertiary/aromatic N) is 2. The number of rotatable bonds is 5. The van der Waals surface area contributed by atoms with Gasteiger partial charge in [-0.1, -0.05) is 36.4 Å². The summed E-state index contributed by atoms with van der Waals surface area (Å²) in [5.74, 6) is -1.42. The Labute approximate surface area is 208 Å². The van der Waals surface area contributed by atoms with E-state index in [1.807, 2.05) is 43.3 Å².